The Labute approximate surface area is 83.7 Å². The molecule has 0 heterocycles. The summed E-state index contributed by atoms with van der Waals surface area (Å²) in [4.78, 5) is 10.3. The maximum atomic E-state index is 12.9. The van der Waals surface area contributed by atoms with Crippen molar-refractivity contribution in [2.24, 2.45) is 0 Å². The van der Waals surface area contributed by atoms with Gasteiger partial charge in [0.2, 0.25) is 0 Å². The minimum Gasteiger partial charge on any atom is -0.298 e. The van der Waals surface area contributed by atoms with Gasteiger partial charge in [0.05, 0.1) is 5.66 Å². The summed E-state index contributed by atoms with van der Waals surface area (Å²) in [5.74, 6) is -2.77. The van der Waals surface area contributed by atoms with Gasteiger partial charge in [0.1, 0.15) is 6.29 Å². The lowest BCUT2D eigenvalue weighted by atomic mass is 10.1. The summed E-state index contributed by atoms with van der Waals surface area (Å²) >= 11 is 0. The number of carbonyl (C=O) groups is 1. The van der Waals surface area contributed by atoms with E-state index in [0.717, 1.165) is 6.92 Å². The summed E-state index contributed by atoms with van der Waals surface area (Å²) < 4.78 is 25.8. The van der Waals surface area contributed by atoms with Crippen molar-refractivity contribution in [3.8, 4) is 0 Å². The molecule has 0 N–H and O–H groups in total. The molecule has 0 aliphatic carbocycles. The third kappa shape index (κ3) is 2.58. The molecule has 1 rings (SSSR count). The molecule has 0 bridgehead atoms. The number of halogens is 2. The van der Waals surface area contributed by atoms with Gasteiger partial charge in [-0.15, -0.1) is 9.24 Å². The van der Waals surface area contributed by atoms with Crippen LogP contribution >= 0.6 is 9.24 Å². The first kappa shape index (κ1) is 11.3. The van der Waals surface area contributed by atoms with Crippen LogP contribution in [0, 0.1) is 0 Å². The first-order valence-corrected chi connectivity index (χ1v) is 4.80. The van der Waals surface area contributed by atoms with E-state index in [1.807, 2.05) is 0 Å². The van der Waals surface area contributed by atoms with Crippen LogP contribution in [0.4, 0.5) is 8.78 Å². The van der Waals surface area contributed by atoms with Gasteiger partial charge in [0.15, 0.2) is 0 Å². The molecule has 0 radical (unpaired) electrons. The second-order valence-corrected chi connectivity index (χ2v) is 3.89. The molecule has 14 heavy (non-hydrogen) atoms. The predicted octanol–water partition coefficient (Wildman–Crippen LogP) is 3.07. The normalized spacial score (nSPS) is 13.7. The number of alkyl halides is 2. The molecule has 0 aromatic heterocycles. The fourth-order valence-corrected chi connectivity index (χ4v) is 1.30. The van der Waals surface area contributed by atoms with Crippen LogP contribution in [0.2, 0.25) is 0 Å². The summed E-state index contributed by atoms with van der Waals surface area (Å²) in [5, 5.41) is 0. The Hall–Kier alpha value is -0.820. The van der Waals surface area contributed by atoms with Crippen LogP contribution in [0.5, 0.6) is 0 Å². The Morgan fingerprint density at radius 2 is 1.86 bits per heavy atom. The molecule has 4 heteroatoms. The molecule has 76 valence electrons. The zero-order valence-corrected chi connectivity index (χ0v) is 8.86. The third-order valence-corrected chi connectivity index (χ3v) is 2.95. The van der Waals surface area contributed by atoms with Gasteiger partial charge in [0, 0.05) is 12.5 Å². The zero-order chi connectivity index (χ0) is 10.8. The largest absolute Gasteiger partial charge is 0.298 e. The van der Waals surface area contributed by atoms with Crippen LogP contribution in [-0.4, -0.2) is 12.2 Å². The van der Waals surface area contributed by atoms with Crippen LogP contribution < -0.4 is 0 Å². The summed E-state index contributed by atoms with van der Waals surface area (Å²) in [6.07, 6.45) is 0.686. The van der Waals surface area contributed by atoms with Gasteiger partial charge in [-0.2, -0.15) is 0 Å². The van der Waals surface area contributed by atoms with Crippen LogP contribution in [0.1, 0.15) is 28.5 Å². The van der Waals surface area contributed by atoms with Crippen molar-refractivity contribution in [2.75, 3.05) is 0 Å². The van der Waals surface area contributed by atoms with E-state index in [1.54, 1.807) is 12.1 Å². The molecule has 2 unspecified atom stereocenters. The number of carbonyl (C=O) groups excluding carboxylic acids is 1. The molecule has 2 atom stereocenters. The van der Waals surface area contributed by atoms with Crippen LogP contribution in [0.15, 0.2) is 24.3 Å². The molecule has 0 saturated heterocycles. The van der Waals surface area contributed by atoms with Crippen molar-refractivity contribution in [3.05, 3.63) is 35.4 Å². The Kier molecular flexibility index (Phi) is 3.33. The minimum absolute atomic E-state index is 0.491. The molecule has 1 aromatic carbocycles. The quantitative estimate of drug-likeness (QED) is 0.560. The van der Waals surface area contributed by atoms with Crippen molar-refractivity contribution in [3.63, 3.8) is 0 Å². The van der Waals surface area contributed by atoms with E-state index >= 15 is 0 Å². The number of benzene rings is 1. The highest BCUT2D eigenvalue weighted by Gasteiger charge is 2.31. The second-order valence-electron chi connectivity index (χ2n) is 3.22. The van der Waals surface area contributed by atoms with Gasteiger partial charge in [0.25, 0.3) is 5.92 Å². The Balaban J connectivity index is 2.92. The maximum Gasteiger partial charge on any atom is 0.255 e. The van der Waals surface area contributed by atoms with E-state index in [0.29, 0.717) is 17.4 Å². The van der Waals surface area contributed by atoms with Crippen molar-refractivity contribution < 1.29 is 13.6 Å². The second kappa shape index (κ2) is 4.14. The predicted molar refractivity (Wildman–Crippen MR) is 54.9 cm³/mol. The molecule has 0 aliphatic heterocycles. The monoisotopic (exact) mass is 216 g/mol. The highest BCUT2D eigenvalue weighted by molar-refractivity contribution is 7.17. The zero-order valence-electron chi connectivity index (χ0n) is 7.71. The molecule has 0 fully saturated rings. The molecule has 0 saturated carbocycles. The van der Waals surface area contributed by atoms with E-state index < -0.39 is 11.6 Å². The van der Waals surface area contributed by atoms with Crippen molar-refractivity contribution in [2.45, 2.75) is 18.5 Å². The molecule has 1 aromatic rings. The molecular weight excluding hydrogens is 205 g/mol. The van der Waals surface area contributed by atoms with Gasteiger partial charge in [-0.25, -0.2) is 8.78 Å². The van der Waals surface area contributed by atoms with E-state index in [2.05, 4.69) is 9.24 Å². The van der Waals surface area contributed by atoms with Crippen molar-refractivity contribution in [1.82, 2.24) is 0 Å². The molecule has 1 nitrogen and oxygen atoms in total. The lowest BCUT2D eigenvalue weighted by molar-refractivity contribution is 0.0189. The standard InChI is InChI=1S/C10H11F2OP/c1-10(11,12)9(14)8-4-2-7(6-13)3-5-8/h2-6,9H,14H2,1H3. The Bertz CT molecular complexity index is 316. The third-order valence-electron chi connectivity index (χ3n) is 1.98. The number of hydrogen-bond acceptors (Lipinski definition) is 1. The molecule has 0 spiro atoms. The summed E-state index contributed by atoms with van der Waals surface area (Å²) in [6.45, 7) is 0.873. The van der Waals surface area contributed by atoms with E-state index in [9.17, 15) is 13.6 Å². The maximum absolute atomic E-state index is 12.9. The summed E-state index contributed by atoms with van der Waals surface area (Å²) in [5.41, 5.74) is 0.0849. The molecule has 0 aliphatic rings. The minimum atomic E-state index is -2.77. The number of hydrogen-bond donors (Lipinski definition) is 0. The lowest BCUT2D eigenvalue weighted by Crippen LogP contribution is -2.16. The Morgan fingerprint density at radius 3 is 2.21 bits per heavy atom. The van der Waals surface area contributed by atoms with E-state index in [4.69, 9.17) is 0 Å². The van der Waals surface area contributed by atoms with Gasteiger partial charge < -0.3 is 0 Å². The highest BCUT2D eigenvalue weighted by atomic mass is 31.0. The fourth-order valence-electron chi connectivity index (χ4n) is 1.07. The summed E-state index contributed by atoms with van der Waals surface area (Å²) in [6, 6.07) is 6.15. The van der Waals surface area contributed by atoms with Crippen LogP contribution in [-0.2, 0) is 0 Å². The number of rotatable bonds is 3. The van der Waals surface area contributed by atoms with Crippen molar-refractivity contribution in [1.29, 1.82) is 0 Å². The summed E-state index contributed by atoms with van der Waals surface area (Å²) in [7, 11) is 2.11. The van der Waals surface area contributed by atoms with Crippen LogP contribution in [0.3, 0.4) is 0 Å². The first-order valence-electron chi connectivity index (χ1n) is 4.13. The fraction of sp³-hybridized carbons (Fsp3) is 0.300. The van der Waals surface area contributed by atoms with Gasteiger partial charge in [-0.3, -0.25) is 4.79 Å². The average Bonchev–Trinajstić information content (AvgIpc) is 2.15. The van der Waals surface area contributed by atoms with Gasteiger partial charge in [-0.1, -0.05) is 24.3 Å². The van der Waals surface area contributed by atoms with Crippen LogP contribution in [0.25, 0.3) is 0 Å². The van der Waals surface area contributed by atoms with E-state index in [1.165, 1.54) is 12.1 Å². The van der Waals surface area contributed by atoms with E-state index in [-0.39, 0.29) is 0 Å². The lowest BCUT2D eigenvalue weighted by Gasteiger charge is -2.19. The van der Waals surface area contributed by atoms with Gasteiger partial charge in [-0.05, 0) is 5.56 Å². The van der Waals surface area contributed by atoms with Crippen molar-refractivity contribution >= 4 is 15.5 Å². The SMILES string of the molecule is CC(F)(F)C(P)c1ccc(C=O)cc1. The molecular formula is C10H11F2OP. The number of aldehydes is 1. The smallest absolute Gasteiger partial charge is 0.255 e. The average molecular weight is 216 g/mol. The van der Waals surface area contributed by atoms with Gasteiger partial charge >= 0.3 is 0 Å². The topological polar surface area (TPSA) is 17.1 Å². The Morgan fingerprint density at radius 1 is 1.36 bits per heavy atom. The highest BCUT2D eigenvalue weighted by Crippen LogP contribution is 2.38. The molecule has 0 amide bonds. The first-order chi connectivity index (χ1) is 6.45.